The maximum atomic E-state index is 5.30. The van der Waals surface area contributed by atoms with Crippen LogP contribution in [0.1, 0.15) is 52.4 Å². The molecule has 1 nitrogen and oxygen atoms in total. The number of nitrogens with one attached hydrogen (secondary N) is 1. The van der Waals surface area contributed by atoms with Gasteiger partial charge in [-0.2, -0.15) is 0 Å². The van der Waals surface area contributed by atoms with Gasteiger partial charge in [0.15, 0.2) is 0 Å². The molecule has 0 aliphatic rings. The Bertz CT molecular complexity index is 157. The second-order valence-corrected chi connectivity index (χ2v) is 3.95. The van der Waals surface area contributed by atoms with E-state index in [9.17, 15) is 0 Å². The summed E-state index contributed by atoms with van der Waals surface area (Å²) in [6, 6.07) is 0.614. The Morgan fingerprint density at radius 3 is 2.43 bits per heavy atom. The van der Waals surface area contributed by atoms with E-state index in [0.29, 0.717) is 6.04 Å². The average Bonchev–Trinajstić information content (AvgIpc) is 2.23. The summed E-state index contributed by atoms with van der Waals surface area (Å²) >= 11 is 0. The minimum Gasteiger partial charge on any atom is -0.317 e. The summed E-state index contributed by atoms with van der Waals surface area (Å²) in [5, 5.41) is 3.40. The van der Waals surface area contributed by atoms with Crippen LogP contribution in [0.3, 0.4) is 0 Å². The van der Waals surface area contributed by atoms with Crippen molar-refractivity contribution in [2.45, 2.75) is 58.4 Å². The van der Waals surface area contributed by atoms with Crippen LogP contribution < -0.4 is 5.32 Å². The Morgan fingerprint density at radius 2 is 2.00 bits per heavy atom. The summed E-state index contributed by atoms with van der Waals surface area (Å²) in [6.45, 7) is 4.53. The summed E-state index contributed by atoms with van der Waals surface area (Å²) in [4.78, 5) is 0. The third-order valence-corrected chi connectivity index (χ3v) is 2.99. The molecule has 0 aliphatic carbocycles. The van der Waals surface area contributed by atoms with E-state index >= 15 is 0 Å². The molecule has 0 fully saturated rings. The van der Waals surface area contributed by atoms with Crippen LogP contribution >= 0.6 is 0 Å². The minimum atomic E-state index is 0.614. The van der Waals surface area contributed by atoms with Crippen LogP contribution in [0.5, 0.6) is 0 Å². The fraction of sp³-hybridized carbons (Fsp3) is 0.846. The van der Waals surface area contributed by atoms with Crippen LogP contribution in [0.15, 0.2) is 0 Å². The molecule has 0 saturated carbocycles. The first-order valence-corrected chi connectivity index (χ1v) is 5.90. The molecule has 0 heterocycles. The molecular formula is C13H25N. The zero-order valence-electron chi connectivity index (χ0n) is 9.97. The van der Waals surface area contributed by atoms with Gasteiger partial charge in [0.05, 0.1) is 0 Å². The quantitative estimate of drug-likeness (QED) is 0.586. The van der Waals surface area contributed by atoms with Gasteiger partial charge in [-0.25, -0.2) is 0 Å². The lowest BCUT2D eigenvalue weighted by Gasteiger charge is -2.25. The van der Waals surface area contributed by atoms with Crippen molar-refractivity contribution in [1.29, 1.82) is 0 Å². The number of hydrogen-bond donors (Lipinski definition) is 1. The van der Waals surface area contributed by atoms with Gasteiger partial charge >= 0.3 is 0 Å². The molecule has 2 unspecified atom stereocenters. The van der Waals surface area contributed by atoms with Gasteiger partial charge in [0.2, 0.25) is 0 Å². The second kappa shape index (κ2) is 9.09. The Labute approximate surface area is 89.7 Å². The fourth-order valence-corrected chi connectivity index (χ4v) is 2.01. The van der Waals surface area contributed by atoms with Crippen molar-refractivity contribution < 1.29 is 0 Å². The highest BCUT2D eigenvalue weighted by atomic mass is 14.9. The molecule has 14 heavy (non-hydrogen) atoms. The molecule has 0 bridgehead atoms. The summed E-state index contributed by atoms with van der Waals surface area (Å²) in [5.74, 6) is 3.53. The smallest absolute Gasteiger partial charge is 0.0101 e. The van der Waals surface area contributed by atoms with Crippen molar-refractivity contribution in [3.8, 4) is 12.3 Å². The molecule has 1 N–H and O–H groups in total. The van der Waals surface area contributed by atoms with Gasteiger partial charge in [0.1, 0.15) is 0 Å². The molecule has 0 rings (SSSR count). The number of unbranched alkanes of at least 4 members (excludes halogenated alkanes) is 1. The van der Waals surface area contributed by atoms with Gasteiger partial charge in [-0.3, -0.25) is 0 Å². The topological polar surface area (TPSA) is 12.0 Å². The molecule has 0 saturated heterocycles. The SMILES string of the molecule is C#CCCC(NC)C(CC)CCCC. The molecule has 0 aromatic heterocycles. The largest absolute Gasteiger partial charge is 0.317 e. The Balaban J connectivity index is 3.94. The van der Waals surface area contributed by atoms with Crippen LogP contribution in [-0.2, 0) is 0 Å². The predicted octanol–water partition coefficient (Wildman–Crippen LogP) is 3.20. The van der Waals surface area contributed by atoms with Gasteiger partial charge in [0, 0.05) is 12.5 Å². The maximum Gasteiger partial charge on any atom is 0.0101 e. The molecule has 0 spiro atoms. The molecule has 2 atom stereocenters. The average molecular weight is 195 g/mol. The first-order chi connectivity index (χ1) is 6.79. The van der Waals surface area contributed by atoms with Crippen molar-refractivity contribution in [2.24, 2.45) is 5.92 Å². The van der Waals surface area contributed by atoms with Crippen molar-refractivity contribution >= 4 is 0 Å². The van der Waals surface area contributed by atoms with Crippen molar-refractivity contribution in [3.05, 3.63) is 0 Å². The predicted molar refractivity (Wildman–Crippen MR) is 64.2 cm³/mol. The molecular weight excluding hydrogens is 170 g/mol. The van der Waals surface area contributed by atoms with Gasteiger partial charge in [-0.15, -0.1) is 12.3 Å². The van der Waals surface area contributed by atoms with Gasteiger partial charge in [-0.05, 0) is 25.8 Å². The van der Waals surface area contributed by atoms with Crippen LogP contribution in [0.2, 0.25) is 0 Å². The first kappa shape index (κ1) is 13.5. The molecule has 0 amide bonds. The molecule has 82 valence electrons. The van der Waals surface area contributed by atoms with Crippen molar-refractivity contribution in [1.82, 2.24) is 5.32 Å². The van der Waals surface area contributed by atoms with E-state index in [2.05, 4.69) is 32.1 Å². The van der Waals surface area contributed by atoms with Crippen LogP contribution in [0.25, 0.3) is 0 Å². The molecule has 1 heteroatoms. The van der Waals surface area contributed by atoms with Gasteiger partial charge in [-0.1, -0.05) is 33.1 Å². The Morgan fingerprint density at radius 1 is 1.29 bits per heavy atom. The molecule has 0 radical (unpaired) electrons. The molecule has 0 aliphatic heterocycles. The maximum absolute atomic E-state index is 5.30. The normalized spacial score (nSPS) is 14.7. The lowest BCUT2D eigenvalue weighted by atomic mass is 9.89. The summed E-state index contributed by atoms with van der Waals surface area (Å²) < 4.78 is 0. The Kier molecular flexibility index (Phi) is 8.78. The van der Waals surface area contributed by atoms with E-state index in [0.717, 1.165) is 18.8 Å². The lowest BCUT2D eigenvalue weighted by Crippen LogP contribution is -2.33. The molecule has 0 aromatic carbocycles. The van der Waals surface area contributed by atoms with Crippen molar-refractivity contribution in [2.75, 3.05) is 7.05 Å². The minimum absolute atomic E-state index is 0.614. The number of terminal acetylenes is 1. The van der Waals surface area contributed by atoms with E-state index in [-0.39, 0.29) is 0 Å². The highest BCUT2D eigenvalue weighted by Crippen LogP contribution is 2.19. The zero-order chi connectivity index (χ0) is 10.8. The highest BCUT2D eigenvalue weighted by Gasteiger charge is 2.16. The van der Waals surface area contributed by atoms with Crippen LogP contribution in [0, 0.1) is 18.3 Å². The monoisotopic (exact) mass is 195 g/mol. The lowest BCUT2D eigenvalue weighted by molar-refractivity contribution is 0.320. The second-order valence-electron chi connectivity index (χ2n) is 3.95. The van der Waals surface area contributed by atoms with Gasteiger partial charge in [0.25, 0.3) is 0 Å². The fourth-order valence-electron chi connectivity index (χ4n) is 2.01. The third kappa shape index (κ3) is 5.29. The van der Waals surface area contributed by atoms with E-state index < -0.39 is 0 Å². The van der Waals surface area contributed by atoms with Crippen LogP contribution in [0.4, 0.5) is 0 Å². The summed E-state index contributed by atoms with van der Waals surface area (Å²) in [5.41, 5.74) is 0. The summed E-state index contributed by atoms with van der Waals surface area (Å²) in [6.07, 6.45) is 12.5. The van der Waals surface area contributed by atoms with E-state index in [4.69, 9.17) is 6.42 Å². The van der Waals surface area contributed by atoms with E-state index in [1.807, 2.05) is 0 Å². The highest BCUT2D eigenvalue weighted by molar-refractivity contribution is 4.87. The summed E-state index contributed by atoms with van der Waals surface area (Å²) in [7, 11) is 2.05. The first-order valence-electron chi connectivity index (χ1n) is 5.90. The van der Waals surface area contributed by atoms with Crippen LogP contribution in [-0.4, -0.2) is 13.1 Å². The number of rotatable bonds is 8. The van der Waals surface area contributed by atoms with Gasteiger partial charge < -0.3 is 5.32 Å². The Hall–Kier alpha value is -0.480. The third-order valence-electron chi connectivity index (χ3n) is 2.99. The van der Waals surface area contributed by atoms with E-state index in [1.165, 1.54) is 25.7 Å². The number of hydrogen-bond acceptors (Lipinski definition) is 1. The van der Waals surface area contributed by atoms with E-state index in [1.54, 1.807) is 0 Å². The zero-order valence-corrected chi connectivity index (χ0v) is 9.97. The van der Waals surface area contributed by atoms with Crippen molar-refractivity contribution in [3.63, 3.8) is 0 Å². The standard InChI is InChI=1S/C13H25N/c1-5-8-10-12(7-3)13(14-4)11-9-6-2/h2,12-14H,5,7-11H2,1,3-4H3. The molecule has 0 aromatic rings.